The molecule has 0 spiro atoms. The van der Waals surface area contributed by atoms with Crippen molar-refractivity contribution in [2.24, 2.45) is 0 Å². The monoisotopic (exact) mass is 316 g/mol. The van der Waals surface area contributed by atoms with E-state index in [4.69, 9.17) is 0 Å². The molecule has 1 unspecified atom stereocenters. The fourth-order valence-corrected chi connectivity index (χ4v) is 4.88. The second-order valence-electron chi connectivity index (χ2n) is 5.85. The summed E-state index contributed by atoms with van der Waals surface area (Å²) in [6.07, 6.45) is 4.35. The van der Waals surface area contributed by atoms with Gasteiger partial charge in [-0.05, 0) is 18.9 Å². The van der Waals surface area contributed by atoms with Gasteiger partial charge in [0, 0.05) is 16.0 Å². The van der Waals surface area contributed by atoms with Crippen molar-refractivity contribution >= 4 is 16.8 Å². The molecule has 22 heavy (non-hydrogen) atoms. The molecule has 2 aliphatic rings. The van der Waals surface area contributed by atoms with Crippen molar-refractivity contribution in [1.29, 1.82) is 0 Å². The molecular formula is C16H16N2O3S. The zero-order chi connectivity index (χ0) is 15.3. The van der Waals surface area contributed by atoms with Crippen LogP contribution in [-0.2, 0) is 16.6 Å². The van der Waals surface area contributed by atoms with Gasteiger partial charge >= 0.3 is 5.97 Å². The second-order valence-corrected chi connectivity index (χ2v) is 7.27. The van der Waals surface area contributed by atoms with Gasteiger partial charge < -0.3 is 5.11 Å². The quantitative estimate of drug-likeness (QED) is 0.924. The van der Waals surface area contributed by atoms with Gasteiger partial charge in [0.25, 0.3) is 0 Å². The van der Waals surface area contributed by atoms with Crippen LogP contribution in [-0.4, -0.2) is 25.1 Å². The first-order valence-corrected chi connectivity index (χ1v) is 8.81. The van der Waals surface area contributed by atoms with Crippen LogP contribution < -0.4 is 0 Å². The fourth-order valence-electron chi connectivity index (χ4n) is 3.55. The summed E-state index contributed by atoms with van der Waals surface area (Å²) in [7, 11) is -1.21. The first-order valence-electron chi connectivity index (χ1n) is 7.49. The van der Waals surface area contributed by atoms with Crippen molar-refractivity contribution in [3.63, 3.8) is 0 Å². The van der Waals surface area contributed by atoms with Gasteiger partial charge in [0.05, 0.1) is 28.3 Å². The summed E-state index contributed by atoms with van der Waals surface area (Å²) in [4.78, 5) is 12.3. The van der Waals surface area contributed by atoms with E-state index < -0.39 is 16.8 Å². The van der Waals surface area contributed by atoms with Crippen molar-refractivity contribution in [2.45, 2.75) is 42.4 Å². The van der Waals surface area contributed by atoms with Crippen LogP contribution in [0.15, 0.2) is 29.2 Å². The predicted octanol–water partition coefficient (Wildman–Crippen LogP) is 2.98. The second kappa shape index (κ2) is 5.05. The minimum absolute atomic E-state index is 0.0600. The standard InChI is InChI=1S/C16H16N2O3S/c19-16(20)14-12-9-22(21)13-8-4-3-7-11(13)15(12)18(17-14)10-5-1-2-6-10/h3-4,7-8,10H,1-2,5-6,9H2,(H,19,20). The molecule has 0 bridgehead atoms. The van der Waals surface area contributed by atoms with E-state index in [0.717, 1.165) is 41.8 Å². The van der Waals surface area contributed by atoms with Gasteiger partial charge in [-0.3, -0.25) is 8.89 Å². The molecule has 114 valence electrons. The van der Waals surface area contributed by atoms with E-state index in [1.165, 1.54) is 0 Å². The molecule has 6 heteroatoms. The van der Waals surface area contributed by atoms with Crippen LogP contribution in [0, 0.1) is 0 Å². The number of carboxylic acids is 1. The molecule has 1 atom stereocenters. The lowest BCUT2D eigenvalue weighted by molar-refractivity contribution is 0.0688. The minimum Gasteiger partial charge on any atom is -0.476 e. The highest BCUT2D eigenvalue weighted by molar-refractivity contribution is 7.84. The molecule has 0 saturated heterocycles. The lowest BCUT2D eigenvalue weighted by atomic mass is 10.0. The molecule has 4 rings (SSSR count). The topological polar surface area (TPSA) is 72.2 Å². The largest absolute Gasteiger partial charge is 0.476 e. The van der Waals surface area contributed by atoms with Gasteiger partial charge in [-0.15, -0.1) is 0 Å². The molecule has 2 aromatic rings. The number of aromatic carboxylic acids is 1. The van der Waals surface area contributed by atoms with Crippen molar-refractivity contribution < 1.29 is 14.1 Å². The van der Waals surface area contributed by atoms with E-state index in [0.29, 0.717) is 5.56 Å². The summed E-state index contributed by atoms with van der Waals surface area (Å²) in [6.45, 7) is 0. The summed E-state index contributed by atoms with van der Waals surface area (Å²) in [5.41, 5.74) is 2.41. The third-order valence-corrected chi connectivity index (χ3v) is 5.94. The number of aromatic nitrogens is 2. The number of fused-ring (bicyclic) bond motifs is 3. The van der Waals surface area contributed by atoms with Crippen molar-refractivity contribution in [3.05, 3.63) is 35.5 Å². The Hall–Kier alpha value is -1.95. The fraction of sp³-hybridized carbons (Fsp3) is 0.375. The third-order valence-electron chi connectivity index (χ3n) is 4.54. The molecule has 1 aliphatic heterocycles. The van der Waals surface area contributed by atoms with Crippen LogP contribution in [0.1, 0.15) is 47.8 Å². The van der Waals surface area contributed by atoms with Crippen LogP contribution in [0.5, 0.6) is 0 Å². The maximum Gasteiger partial charge on any atom is 0.356 e. The molecule has 5 nitrogen and oxygen atoms in total. The molecule has 1 N–H and O–H groups in total. The van der Waals surface area contributed by atoms with Crippen LogP contribution >= 0.6 is 0 Å². The number of nitrogens with zero attached hydrogens (tertiary/aromatic N) is 2. The number of carboxylic acid groups (broad SMARTS) is 1. The highest BCUT2D eigenvalue weighted by atomic mass is 32.2. The Balaban J connectivity index is 1.99. The Morgan fingerprint density at radius 3 is 2.73 bits per heavy atom. The molecular weight excluding hydrogens is 300 g/mol. The summed E-state index contributed by atoms with van der Waals surface area (Å²) in [5, 5.41) is 13.8. The van der Waals surface area contributed by atoms with Gasteiger partial charge in [0.2, 0.25) is 0 Å². The first-order chi connectivity index (χ1) is 10.7. The summed E-state index contributed by atoms with van der Waals surface area (Å²) in [5.74, 6) is -0.801. The number of rotatable bonds is 2. The smallest absolute Gasteiger partial charge is 0.356 e. The first kappa shape index (κ1) is 13.7. The van der Waals surface area contributed by atoms with Crippen LogP contribution in [0.2, 0.25) is 0 Å². The maximum absolute atomic E-state index is 12.4. The molecule has 0 amide bonds. The van der Waals surface area contributed by atoms with Crippen molar-refractivity contribution in [3.8, 4) is 11.3 Å². The number of hydrogen-bond acceptors (Lipinski definition) is 3. The third kappa shape index (κ3) is 1.94. The molecule has 2 heterocycles. The molecule has 1 aliphatic carbocycles. The van der Waals surface area contributed by atoms with Crippen LogP contribution in [0.3, 0.4) is 0 Å². The van der Waals surface area contributed by atoms with E-state index in [1.807, 2.05) is 28.9 Å². The van der Waals surface area contributed by atoms with Crippen LogP contribution in [0.25, 0.3) is 11.3 Å². The van der Waals surface area contributed by atoms with E-state index in [-0.39, 0.29) is 17.5 Å². The summed E-state index contributed by atoms with van der Waals surface area (Å²) < 4.78 is 14.3. The molecule has 0 radical (unpaired) electrons. The van der Waals surface area contributed by atoms with Gasteiger partial charge in [-0.25, -0.2) is 4.79 Å². The van der Waals surface area contributed by atoms with E-state index in [9.17, 15) is 14.1 Å². The van der Waals surface area contributed by atoms with E-state index in [2.05, 4.69) is 5.10 Å². The number of carbonyl (C=O) groups is 1. The normalized spacial score (nSPS) is 20.6. The Morgan fingerprint density at radius 2 is 2.00 bits per heavy atom. The Morgan fingerprint density at radius 1 is 1.27 bits per heavy atom. The van der Waals surface area contributed by atoms with E-state index >= 15 is 0 Å². The highest BCUT2D eigenvalue weighted by Crippen LogP contribution is 2.41. The minimum atomic E-state index is -1.21. The lowest BCUT2D eigenvalue weighted by Crippen LogP contribution is -2.13. The maximum atomic E-state index is 12.4. The van der Waals surface area contributed by atoms with Gasteiger partial charge in [-0.1, -0.05) is 31.0 Å². The lowest BCUT2D eigenvalue weighted by Gasteiger charge is -2.20. The zero-order valence-electron chi connectivity index (χ0n) is 12.0. The molecule has 1 fully saturated rings. The molecule has 1 saturated carbocycles. The Labute approximate surface area is 130 Å². The van der Waals surface area contributed by atoms with Crippen LogP contribution in [0.4, 0.5) is 0 Å². The zero-order valence-corrected chi connectivity index (χ0v) is 12.8. The molecule has 1 aromatic heterocycles. The Kier molecular flexibility index (Phi) is 3.14. The van der Waals surface area contributed by atoms with Crippen molar-refractivity contribution in [1.82, 2.24) is 9.78 Å². The Bertz CT molecular complexity index is 791. The van der Waals surface area contributed by atoms with Gasteiger partial charge in [0.15, 0.2) is 5.69 Å². The molecule has 1 aromatic carbocycles. The predicted molar refractivity (Wildman–Crippen MR) is 82.2 cm³/mol. The number of hydrogen-bond donors (Lipinski definition) is 1. The van der Waals surface area contributed by atoms with Gasteiger partial charge in [-0.2, -0.15) is 5.10 Å². The average molecular weight is 316 g/mol. The average Bonchev–Trinajstić information content (AvgIpc) is 3.14. The highest BCUT2D eigenvalue weighted by Gasteiger charge is 2.34. The SMILES string of the molecule is O=C(O)c1nn(C2CCCC2)c2c1CS(=O)c1ccccc1-2. The van der Waals surface area contributed by atoms with E-state index in [1.54, 1.807) is 0 Å². The summed E-state index contributed by atoms with van der Waals surface area (Å²) >= 11 is 0. The van der Waals surface area contributed by atoms with Crippen molar-refractivity contribution in [2.75, 3.05) is 0 Å². The van der Waals surface area contributed by atoms with Gasteiger partial charge in [0.1, 0.15) is 0 Å². The number of benzene rings is 1. The summed E-state index contributed by atoms with van der Waals surface area (Å²) in [6, 6.07) is 7.81.